The Kier molecular flexibility index (Phi) is 7.36. The van der Waals surface area contributed by atoms with Gasteiger partial charge in [-0.3, -0.25) is 19.8 Å². The lowest BCUT2D eigenvalue weighted by molar-refractivity contribution is -0.129. The molecule has 158 valence electrons. The lowest BCUT2D eigenvalue weighted by Gasteiger charge is -2.27. The smallest absolute Gasteiger partial charge is 0.252 e. The van der Waals surface area contributed by atoms with Crippen LogP contribution in [0.1, 0.15) is 50.7 Å². The molecule has 2 N–H and O–H groups in total. The van der Waals surface area contributed by atoms with Gasteiger partial charge in [0.15, 0.2) is 0 Å². The second kappa shape index (κ2) is 10.2. The maximum atomic E-state index is 13.6. The van der Waals surface area contributed by atoms with Gasteiger partial charge in [0, 0.05) is 24.1 Å². The Morgan fingerprint density at radius 3 is 2.53 bits per heavy atom. The molecule has 0 aromatic heterocycles. The molecule has 1 aliphatic heterocycles. The molecule has 3 rings (SSSR count). The first-order valence-electron chi connectivity index (χ1n) is 10.5. The van der Waals surface area contributed by atoms with Crippen LogP contribution < -0.4 is 10.4 Å². The van der Waals surface area contributed by atoms with Gasteiger partial charge in [-0.25, -0.2) is 5.48 Å². The minimum Gasteiger partial charge on any atom is -0.310 e. The molecule has 0 unspecified atom stereocenters. The van der Waals surface area contributed by atoms with E-state index >= 15 is 0 Å². The number of para-hydroxylation sites is 1. The Bertz CT molecular complexity index is 911. The van der Waals surface area contributed by atoms with Crippen molar-refractivity contribution in [1.82, 2.24) is 5.48 Å². The fourth-order valence-corrected chi connectivity index (χ4v) is 3.71. The number of nitrogens with one attached hydrogen (secondary N) is 1. The van der Waals surface area contributed by atoms with Crippen molar-refractivity contribution in [2.24, 2.45) is 10.9 Å². The summed E-state index contributed by atoms with van der Waals surface area (Å²) in [6, 6.07) is 17.4. The summed E-state index contributed by atoms with van der Waals surface area (Å²) in [5.41, 5.74) is 5.28. The highest BCUT2D eigenvalue weighted by Gasteiger charge is 2.34. The molecular formula is C24H29N3O3. The molecular weight excluding hydrogens is 378 g/mol. The number of unbranched alkanes of at least 4 members (excludes halogenated alkanes) is 1. The highest BCUT2D eigenvalue weighted by atomic mass is 16.5. The van der Waals surface area contributed by atoms with Crippen molar-refractivity contribution < 1.29 is 14.8 Å². The number of rotatable bonds is 8. The molecule has 0 saturated heterocycles. The van der Waals surface area contributed by atoms with Crippen LogP contribution in [0.5, 0.6) is 0 Å². The summed E-state index contributed by atoms with van der Waals surface area (Å²) in [7, 11) is 0. The summed E-state index contributed by atoms with van der Waals surface area (Å²) >= 11 is 0. The van der Waals surface area contributed by atoms with Crippen LogP contribution in [-0.4, -0.2) is 35.3 Å². The van der Waals surface area contributed by atoms with Gasteiger partial charge >= 0.3 is 0 Å². The van der Waals surface area contributed by atoms with Crippen molar-refractivity contribution in [2.45, 2.75) is 45.6 Å². The second-order valence-electron chi connectivity index (χ2n) is 7.67. The average Bonchev–Trinajstić information content (AvgIpc) is 2.91. The number of nitrogens with zero attached hydrogens (tertiary/aromatic N) is 2. The maximum absolute atomic E-state index is 13.6. The van der Waals surface area contributed by atoms with Crippen LogP contribution in [0.25, 0.3) is 0 Å². The van der Waals surface area contributed by atoms with E-state index < -0.39 is 11.9 Å². The number of benzene rings is 2. The van der Waals surface area contributed by atoms with Gasteiger partial charge in [-0.05, 0) is 24.8 Å². The van der Waals surface area contributed by atoms with Crippen LogP contribution in [-0.2, 0) is 9.59 Å². The SMILES string of the molecule is CC[C@H](C)[C@@H]1N=C(c2ccccc2)c2ccccc2N(CCCCC(=O)NO)C1=O. The lowest BCUT2D eigenvalue weighted by Crippen LogP contribution is -2.41. The van der Waals surface area contributed by atoms with Crippen LogP contribution in [0.3, 0.4) is 0 Å². The van der Waals surface area contributed by atoms with Crippen LogP contribution >= 0.6 is 0 Å². The zero-order chi connectivity index (χ0) is 21.5. The molecule has 0 fully saturated rings. The molecule has 0 saturated carbocycles. The van der Waals surface area contributed by atoms with E-state index in [0.29, 0.717) is 19.4 Å². The molecule has 6 nitrogen and oxygen atoms in total. The van der Waals surface area contributed by atoms with E-state index in [0.717, 1.165) is 28.9 Å². The molecule has 0 aliphatic carbocycles. The molecule has 2 atom stereocenters. The number of benzodiazepines with no additional fused rings is 1. The van der Waals surface area contributed by atoms with Crippen molar-refractivity contribution in [3.63, 3.8) is 0 Å². The molecule has 0 spiro atoms. The summed E-state index contributed by atoms with van der Waals surface area (Å²) in [4.78, 5) is 31.7. The summed E-state index contributed by atoms with van der Waals surface area (Å²) < 4.78 is 0. The first-order valence-corrected chi connectivity index (χ1v) is 10.5. The van der Waals surface area contributed by atoms with Crippen LogP contribution in [0.15, 0.2) is 59.6 Å². The number of fused-ring (bicyclic) bond motifs is 1. The monoisotopic (exact) mass is 407 g/mol. The zero-order valence-corrected chi connectivity index (χ0v) is 17.5. The summed E-state index contributed by atoms with van der Waals surface area (Å²) in [5.74, 6) is -0.313. The first-order chi connectivity index (χ1) is 14.6. The van der Waals surface area contributed by atoms with Crippen LogP contribution in [0.2, 0.25) is 0 Å². The highest BCUT2D eigenvalue weighted by Crippen LogP contribution is 2.31. The topological polar surface area (TPSA) is 82.0 Å². The predicted molar refractivity (Wildman–Crippen MR) is 118 cm³/mol. The van der Waals surface area contributed by atoms with Gasteiger partial charge in [-0.15, -0.1) is 0 Å². The van der Waals surface area contributed by atoms with E-state index in [1.54, 1.807) is 5.48 Å². The molecule has 1 aliphatic rings. The number of carbonyl (C=O) groups excluding carboxylic acids is 2. The first kappa shape index (κ1) is 21.7. The standard InChI is InChI=1S/C24H29N3O3/c1-3-17(2)22-24(29)27(16-10-9-15-21(28)26-30)20-14-8-7-13-19(20)23(25-22)18-11-5-4-6-12-18/h4-8,11-14,17,22,30H,3,9-10,15-16H2,1-2H3,(H,26,28)/t17-,22-/m0/s1. The molecule has 2 amide bonds. The van der Waals surface area contributed by atoms with Crippen molar-refractivity contribution in [1.29, 1.82) is 0 Å². The van der Waals surface area contributed by atoms with Crippen molar-refractivity contribution >= 4 is 23.2 Å². The third kappa shape index (κ3) is 4.76. The third-order valence-electron chi connectivity index (χ3n) is 5.63. The highest BCUT2D eigenvalue weighted by molar-refractivity contribution is 6.20. The quantitative estimate of drug-likeness (QED) is 0.395. The Labute approximate surface area is 177 Å². The van der Waals surface area contributed by atoms with Crippen molar-refractivity contribution in [3.8, 4) is 0 Å². The van der Waals surface area contributed by atoms with Gasteiger partial charge in [0.1, 0.15) is 6.04 Å². The van der Waals surface area contributed by atoms with E-state index in [4.69, 9.17) is 10.2 Å². The summed E-state index contributed by atoms with van der Waals surface area (Å²) in [6.45, 7) is 4.64. The van der Waals surface area contributed by atoms with E-state index in [1.807, 2.05) is 59.5 Å². The largest absolute Gasteiger partial charge is 0.310 e. The average molecular weight is 408 g/mol. The number of hydrogen-bond donors (Lipinski definition) is 2. The van der Waals surface area contributed by atoms with Gasteiger partial charge in [-0.2, -0.15) is 0 Å². The Morgan fingerprint density at radius 2 is 1.83 bits per heavy atom. The zero-order valence-electron chi connectivity index (χ0n) is 17.5. The fraction of sp³-hybridized carbons (Fsp3) is 0.375. The number of hydrogen-bond acceptors (Lipinski definition) is 4. The molecule has 1 heterocycles. The Balaban J connectivity index is 1.99. The number of hydroxylamine groups is 1. The van der Waals surface area contributed by atoms with Gasteiger partial charge in [0.25, 0.3) is 5.91 Å². The third-order valence-corrected chi connectivity index (χ3v) is 5.63. The van der Waals surface area contributed by atoms with Crippen LogP contribution in [0, 0.1) is 5.92 Å². The summed E-state index contributed by atoms with van der Waals surface area (Å²) in [5, 5.41) is 8.67. The van der Waals surface area contributed by atoms with E-state index in [1.165, 1.54) is 0 Å². The predicted octanol–water partition coefficient (Wildman–Crippen LogP) is 3.96. The normalized spacial score (nSPS) is 17.0. The molecule has 0 bridgehead atoms. The molecule has 2 aromatic carbocycles. The number of aliphatic imine (C=N–C) groups is 1. The minimum atomic E-state index is -0.460. The van der Waals surface area contributed by atoms with Gasteiger partial charge < -0.3 is 4.90 Å². The second-order valence-corrected chi connectivity index (χ2v) is 7.67. The Morgan fingerprint density at radius 1 is 1.13 bits per heavy atom. The fourth-order valence-electron chi connectivity index (χ4n) is 3.71. The maximum Gasteiger partial charge on any atom is 0.252 e. The van der Waals surface area contributed by atoms with Gasteiger partial charge in [-0.1, -0.05) is 68.8 Å². The molecule has 30 heavy (non-hydrogen) atoms. The van der Waals surface area contributed by atoms with E-state index in [2.05, 4.69) is 13.8 Å². The van der Waals surface area contributed by atoms with Crippen molar-refractivity contribution in [2.75, 3.05) is 11.4 Å². The van der Waals surface area contributed by atoms with E-state index in [9.17, 15) is 9.59 Å². The van der Waals surface area contributed by atoms with Gasteiger partial charge in [0.2, 0.25) is 5.91 Å². The van der Waals surface area contributed by atoms with Crippen LogP contribution in [0.4, 0.5) is 5.69 Å². The van der Waals surface area contributed by atoms with Gasteiger partial charge in [0.05, 0.1) is 11.4 Å². The summed E-state index contributed by atoms with van der Waals surface area (Å²) in [6.07, 6.45) is 2.31. The molecule has 6 heteroatoms. The lowest BCUT2D eigenvalue weighted by atomic mass is 9.98. The molecule has 0 radical (unpaired) electrons. The minimum absolute atomic E-state index is 0.00524. The number of anilines is 1. The number of amides is 2. The van der Waals surface area contributed by atoms with E-state index in [-0.39, 0.29) is 18.2 Å². The Hall–Kier alpha value is -2.99. The number of carbonyl (C=O) groups is 2. The van der Waals surface area contributed by atoms with Crippen molar-refractivity contribution in [3.05, 3.63) is 65.7 Å². The molecule has 2 aromatic rings.